The van der Waals surface area contributed by atoms with E-state index in [9.17, 15) is 9.18 Å². The molecule has 0 fully saturated rings. The fourth-order valence-corrected chi connectivity index (χ4v) is 2.05. The number of nitrogens with zero attached hydrogens (tertiary/aromatic N) is 1. The van der Waals surface area contributed by atoms with Crippen molar-refractivity contribution in [3.63, 3.8) is 0 Å². The Labute approximate surface area is 125 Å². The molecule has 0 bridgehead atoms. The predicted octanol–water partition coefficient (Wildman–Crippen LogP) is 3.70. The van der Waals surface area contributed by atoms with Gasteiger partial charge >= 0.3 is 0 Å². The number of carbonyl (C=O) groups is 1. The molecule has 3 aromatic rings. The number of alkyl halides is 2. The van der Waals surface area contributed by atoms with Crippen LogP contribution in [-0.4, -0.2) is 21.5 Å². The zero-order valence-corrected chi connectivity index (χ0v) is 11.6. The number of aromatic amines is 1. The minimum absolute atomic E-state index is 0.475. The van der Waals surface area contributed by atoms with E-state index in [0.29, 0.717) is 5.69 Å². The van der Waals surface area contributed by atoms with E-state index in [1.165, 1.54) is 0 Å². The van der Waals surface area contributed by atoms with Gasteiger partial charge in [0.2, 0.25) is 0 Å². The van der Waals surface area contributed by atoms with Crippen molar-refractivity contribution in [2.75, 3.05) is 5.32 Å². The van der Waals surface area contributed by atoms with Gasteiger partial charge in [-0.3, -0.25) is 4.79 Å². The molecule has 0 aliphatic heterocycles. The topological polar surface area (TPSA) is 57.8 Å². The van der Waals surface area contributed by atoms with Crippen LogP contribution in [0.25, 0.3) is 22.4 Å². The molecule has 0 aliphatic rings. The van der Waals surface area contributed by atoms with Gasteiger partial charge < -0.3 is 10.3 Å². The smallest absolute Gasteiger partial charge is 0.274 e. The van der Waals surface area contributed by atoms with E-state index in [-0.39, 0.29) is 0 Å². The van der Waals surface area contributed by atoms with Crippen LogP contribution in [0.2, 0.25) is 0 Å². The second-order valence-electron chi connectivity index (χ2n) is 4.47. The highest BCUT2D eigenvalue weighted by Crippen LogP contribution is 2.22. The molecule has 106 valence electrons. The molecule has 1 heterocycles. The highest BCUT2D eigenvalue weighted by atomic mass is 35.5. The first-order valence-corrected chi connectivity index (χ1v) is 6.71. The van der Waals surface area contributed by atoms with Crippen molar-refractivity contribution in [1.29, 1.82) is 0 Å². The molecule has 0 spiro atoms. The summed E-state index contributed by atoms with van der Waals surface area (Å²) in [5.74, 6) is -0.150. The van der Waals surface area contributed by atoms with Crippen molar-refractivity contribution >= 4 is 34.2 Å². The van der Waals surface area contributed by atoms with Crippen molar-refractivity contribution < 1.29 is 9.18 Å². The van der Waals surface area contributed by atoms with Gasteiger partial charge in [-0.25, -0.2) is 9.37 Å². The van der Waals surface area contributed by atoms with Crippen molar-refractivity contribution in [2.45, 2.75) is 5.63 Å². The molecule has 4 nitrogen and oxygen atoms in total. The molecular weight excluding hydrogens is 293 g/mol. The number of aromatic nitrogens is 2. The van der Waals surface area contributed by atoms with Crippen molar-refractivity contribution in [1.82, 2.24) is 9.97 Å². The maximum Gasteiger partial charge on any atom is 0.274 e. The van der Waals surface area contributed by atoms with Gasteiger partial charge in [-0.05, 0) is 36.4 Å². The zero-order valence-electron chi connectivity index (χ0n) is 10.8. The average molecular weight is 304 g/mol. The second kappa shape index (κ2) is 5.54. The minimum atomic E-state index is -2.06. The lowest BCUT2D eigenvalue weighted by Gasteiger charge is -2.05. The monoisotopic (exact) mass is 303 g/mol. The van der Waals surface area contributed by atoms with Crippen molar-refractivity contribution in [3.8, 4) is 11.4 Å². The standard InChI is InChI=1S/C15H11ClFN3O/c16-13(17)15(21)18-10-7-5-9(6-8-10)14-19-11-3-1-2-4-12(11)20-14/h1-8,13H,(H,18,21)(H,19,20). The van der Waals surface area contributed by atoms with Gasteiger partial charge in [0.15, 0.2) is 0 Å². The number of nitrogens with one attached hydrogen (secondary N) is 2. The summed E-state index contributed by atoms with van der Waals surface area (Å²) in [5, 5.41) is 2.37. The van der Waals surface area contributed by atoms with Gasteiger partial charge in [-0.2, -0.15) is 0 Å². The first-order valence-electron chi connectivity index (χ1n) is 6.28. The van der Waals surface area contributed by atoms with Crippen molar-refractivity contribution in [3.05, 3.63) is 48.5 Å². The van der Waals surface area contributed by atoms with Crippen LogP contribution in [0.1, 0.15) is 0 Å². The first-order chi connectivity index (χ1) is 10.1. The lowest BCUT2D eigenvalue weighted by Crippen LogP contribution is -2.19. The molecule has 0 radical (unpaired) electrons. The van der Waals surface area contributed by atoms with E-state index in [1.807, 2.05) is 24.3 Å². The highest BCUT2D eigenvalue weighted by molar-refractivity contribution is 6.31. The Balaban J connectivity index is 1.85. The molecule has 1 unspecified atom stereocenters. The number of fused-ring (bicyclic) bond motifs is 1. The molecule has 21 heavy (non-hydrogen) atoms. The van der Waals surface area contributed by atoms with Crippen LogP contribution in [0.3, 0.4) is 0 Å². The average Bonchev–Trinajstić information content (AvgIpc) is 2.91. The van der Waals surface area contributed by atoms with E-state index in [2.05, 4.69) is 15.3 Å². The largest absolute Gasteiger partial charge is 0.338 e. The number of carbonyl (C=O) groups excluding carboxylic acids is 1. The summed E-state index contributed by atoms with van der Waals surface area (Å²) in [6.45, 7) is 0. The quantitative estimate of drug-likeness (QED) is 0.725. The molecule has 3 rings (SSSR count). The fraction of sp³-hybridized carbons (Fsp3) is 0.0667. The summed E-state index contributed by atoms with van der Waals surface area (Å²) in [5.41, 5.74) is 1.12. The van der Waals surface area contributed by atoms with Crippen LogP contribution in [0.4, 0.5) is 10.1 Å². The first kappa shape index (κ1) is 13.6. The van der Waals surface area contributed by atoms with Gasteiger partial charge in [0, 0.05) is 11.3 Å². The fourth-order valence-electron chi connectivity index (χ4n) is 2.00. The molecule has 1 atom stereocenters. The van der Waals surface area contributed by atoms with E-state index < -0.39 is 11.5 Å². The van der Waals surface area contributed by atoms with Crippen LogP contribution in [-0.2, 0) is 4.79 Å². The number of halogens is 2. The number of hydrogen-bond acceptors (Lipinski definition) is 2. The van der Waals surface area contributed by atoms with Crippen molar-refractivity contribution in [2.24, 2.45) is 0 Å². The van der Waals surface area contributed by atoms with Gasteiger partial charge in [0.25, 0.3) is 11.5 Å². The third-order valence-corrected chi connectivity index (χ3v) is 3.21. The number of rotatable bonds is 3. The summed E-state index contributed by atoms with van der Waals surface area (Å²) in [6.07, 6.45) is 0. The van der Waals surface area contributed by atoms with E-state index >= 15 is 0 Å². The molecule has 1 aromatic heterocycles. The number of hydrogen-bond donors (Lipinski definition) is 2. The Morgan fingerprint density at radius 1 is 1.19 bits per heavy atom. The second-order valence-corrected chi connectivity index (χ2v) is 4.85. The SMILES string of the molecule is O=C(Nc1ccc(-c2nc3ccccc3[nH]2)cc1)C(F)Cl. The van der Waals surface area contributed by atoms with Gasteiger partial charge in [-0.1, -0.05) is 23.7 Å². The number of amides is 1. The summed E-state index contributed by atoms with van der Waals surface area (Å²) in [7, 11) is 0. The molecule has 1 amide bonds. The highest BCUT2D eigenvalue weighted by Gasteiger charge is 2.13. The molecule has 2 aromatic carbocycles. The van der Waals surface area contributed by atoms with Crippen LogP contribution >= 0.6 is 11.6 Å². The molecular formula is C15H11ClFN3O. The van der Waals surface area contributed by atoms with Crippen LogP contribution in [0.15, 0.2) is 48.5 Å². The normalized spacial score (nSPS) is 12.3. The number of imidazole rings is 1. The summed E-state index contributed by atoms with van der Waals surface area (Å²) >= 11 is 5.06. The van der Waals surface area contributed by atoms with Gasteiger partial charge in [0.1, 0.15) is 5.82 Å². The predicted molar refractivity (Wildman–Crippen MR) is 80.9 cm³/mol. The van der Waals surface area contributed by atoms with Crippen LogP contribution < -0.4 is 5.32 Å². The number of anilines is 1. The summed E-state index contributed by atoms with van der Waals surface area (Å²) in [6, 6.07) is 14.6. The third-order valence-electron chi connectivity index (χ3n) is 3.01. The zero-order chi connectivity index (χ0) is 14.8. The maximum absolute atomic E-state index is 12.6. The Kier molecular flexibility index (Phi) is 3.58. The Morgan fingerprint density at radius 3 is 2.57 bits per heavy atom. The minimum Gasteiger partial charge on any atom is -0.338 e. The Morgan fingerprint density at radius 2 is 1.90 bits per heavy atom. The number of benzene rings is 2. The van der Waals surface area contributed by atoms with E-state index in [0.717, 1.165) is 22.4 Å². The molecule has 0 saturated carbocycles. The molecule has 2 N–H and O–H groups in total. The van der Waals surface area contributed by atoms with Crippen LogP contribution in [0, 0.1) is 0 Å². The molecule has 0 aliphatic carbocycles. The van der Waals surface area contributed by atoms with Gasteiger partial charge in [-0.15, -0.1) is 0 Å². The summed E-state index contributed by atoms with van der Waals surface area (Å²) < 4.78 is 12.6. The Hall–Kier alpha value is -2.40. The molecule has 0 saturated heterocycles. The third kappa shape index (κ3) is 2.87. The molecule has 6 heteroatoms. The number of para-hydroxylation sites is 2. The Bertz CT molecular complexity index is 750. The number of H-pyrrole nitrogens is 1. The maximum atomic E-state index is 12.6. The van der Waals surface area contributed by atoms with Crippen LogP contribution in [0.5, 0.6) is 0 Å². The lowest BCUT2D eigenvalue weighted by molar-refractivity contribution is -0.118. The lowest BCUT2D eigenvalue weighted by atomic mass is 10.2. The van der Waals surface area contributed by atoms with E-state index in [1.54, 1.807) is 24.3 Å². The van der Waals surface area contributed by atoms with Gasteiger partial charge in [0.05, 0.1) is 11.0 Å². The van der Waals surface area contributed by atoms with E-state index in [4.69, 9.17) is 11.6 Å². The summed E-state index contributed by atoms with van der Waals surface area (Å²) in [4.78, 5) is 18.8.